The molecule has 1 fully saturated rings. The van der Waals surface area contributed by atoms with Crippen molar-refractivity contribution in [2.75, 3.05) is 13.2 Å². The standard InChI is InChI=1S/C17H26FNO2/c1-13-6-5-7-14(2)19(13)10-16(20)12-21-11-15-8-3-4-9-17(15)18/h3-4,8-9,13-14,16,20H,5-7,10-12H2,1-2H3/t13-,14+,16-/m0/s1. The molecule has 2 rings (SSSR count). The van der Waals surface area contributed by atoms with Crippen LogP contribution in [0.2, 0.25) is 0 Å². The van der Waals surface area contributed by atoms with Crippen LogP contribution in [0.5, 0.6) is 0 Å². The average molecular weight is 295 g/mol. The van der Waals surface area contributed by atoms with Gasteiger partial charge in [0.2, 0.25) is 0 Å². The van der Waals surface area contributed by atoms with E-state index in [9.17, 15) is 9.50 Å². The van der Waals surface area contributed by atoms with Crippen LogP contribution in [0.15, 0.2) is 24.3 Å². The Bertz CT molecular complexity index is 431. The number of β-amino-alcohol motifs (C(OH)–C–C–N with tert-alkyl or cyclic N) is 1. The molecule has 0 aliphatic carbocycles. The summed E-state index contributed by atoms with van der Waals surface area (Å²) in [6.07, 6.45) is 3.11. The number of ether oxygens (including phenoxy) is 1. The van der Waals surface area contributed by atoms with Gasteiger partial charge in [-0.3, -0.25) is 4.90 Å². The Kier molecular flexibility index (Phi) is 6.15. The molecule has 0 amide bonds. The molecule has 1 aromatic carbocycles. The normalized spacial score (nSPS) is 25.0. The number of hydrogen-bond acceptors (Lipinski definition) is 3. The Morgan fingerprint density at radius 1 is 1.29 bits per heavy atom. The van der Waals surface area contributed by atoms with Crippen molar-refractivity contribution in [1.29, 1.82) is 0 Å². The lowest BCUT2D eigenvalue weighted by Crippen LogP contribution is -2.48. The molecule has 21 heavy (non-hydrogen) atoms. The summed E-state index contributed by atoms with van der Waals surface area (Å²) >= 11 is 0. The van der Waals surface area contributed by atoms with Crippen molar-refractivity contribution >= 4 is 0 Å². The molecule has 1 heterocycles. The van der Waals surface area contributed by atoms with Crippen molar-refractivity contribution < 1.29 is 14.2 Å². The zero-order valence-corrected chi connectivity index (χ0v) is 13.0. The maximum Gasteiger partial charge on any atom is 0.128 e. The van der Waals surface area contributed by atoms with Gasteiger partial charge in [-0.1, -0.05) is 24.6 Å². The number of nitrogens with zero attached hydrogens (tertiary/aromatic N) is 1. The van der Waals surface area contributed by atoms with Crippen molar-refractivity contribution in [1.82, 2.24) is 4.90 Å². The second-order valence-corrected chi connectivity index (χ2v) is 6.09. The summed E-state index contributed by atoms with van der Waals surface area (Å²) in [5, 5.41) is 10.1. The highest BCUT2D eigenvalue weighted by molar-refractivity contribution is 5.16. The van der Waals surface area contributed by atoms with Gasteiger partial charge in [-0.15, -0.1) is 0 Å². The van der Waals surface area contributed by atoms with E-state index in [2.05, 4.69) is 18.7 Å². The number of benzene rings is 1. The van der Waals surface area contributed by atoms with Gasteiger partial charge in [-0.2, -0.15) is 0 Å². The number of hydrogen-bond donors (Lipinski definition) is 1. The predicted molar refractivity (Wildman–Crippen MR) is 81.5 cm³/mol. The topological polar surface area (TPSA) is 32.7 Å². The molecule has 1 aliphatic rings. The Balaban J connectivity index is 1.74. The van der Waals surface area contributed by atoms with Gasteiger partial charge in [0.05, 0.1) is 19.3 Å². The van der Waals surface area contributed by atoms with Gasteiger partial charge in [0.15, 0.2) is 0 Å². The van der Waals surface area contributed by atoms with E-state index < -0.39 is 6.10 Å². The van der Waals surface area contributed by atoms with Crippen LogP contribution < -0.4 is 0 Å². The van der Waals surface area contributed by atoms with E-state index in [1.54, 1.807) is 18.2 Å². The Labute approximate surface area is 126 Å². The van der Waals surface area contributed by atoms with Gasteiger partial charge in [-0.25, -0.2) is 4.39 Å². The van der Waals surface area contributed by atoms with Crippen LogP contribution in [0.1, 0.15) is 38.7 Å². The van der Waals surface area contributed by atoms with Gasteiger partial charge < -0.3 is 9.84 Å². The molecule has 0 unspecified atom stereocenters. The highest BCUT2D eigenvalue weighted by atomic mass is 19.1. The minimum Gasteiger partial charge on any atom is -0.389 e. The largest absolute Gasteiger partial charge is 0.389 e. The smallest absolute Gasteiger partial charge is 0.128 e. The average Bonchev–Trinajstić information content (AvgIpc) is 2.45. The predicted octanol–water partition coefficient (Wildman–Crippen LogP) is 2.97. The molecule has 0 radical (unpaired) electrons. The summed E-state index contributed by atoms with van der Waals surface area (Å²) in [5.74, 6) is -0.259. The van der Waals surface area contributed by atoms with Gasteiger partial charge in [0.25, 0.3) is 0 Å². The number of rotatable bonds is 6. The van der Waals surface area contributed by atoms with Crippen molar-refractivity contribution in [3.05, 3.63) is 35.6 Å². The molecule has 1 aliphatic heterocycles. The SMILES string of the molecule is C[C@@H]1CCC[C@H](C)N1C[C@H](O)COCc1ccccc1F. The van der Waals surface area contributed by atoms with Crippen LogP contribution in [-0.2, 0) is 11.3 Å². The molecular weight excluding hydrogens is 269 g/mol. The summed E-state index contributed by atoms with van der Waals surface area (Å²) in [6.45, 7) is 5.49. The quantitative estimate of drug-likeness (QED) is 0.876. The summed E-state index contributed by atoms with van der Waals surface area (Å²) in [4.78, 5) is 2.35. The third kappa shape index (κ3) is 4.77. The fourth-order valence-corrected chi connectivity index (χ4v) is 3.05. The summed E-state index contributed by atoms with van der Waals surface area (Å²) in [5.41, 5.74) is 0.532. The molecule has 3 atom stereocenters. The molecule has 0 aromatic heterocycles. The molecule has 3 nitrogen and oxygen atoms in total. The summed E-state index contributed by atoms with van der Waals surface area (Å²) in [6, 6.07) is 7.59. The summed E-state index contributed by atoms with van der Waals surface area (Å²) in [7, 11) is 0. The lowest BCUT2D eigenvalue weighted by molar-refractivity contribution is -0.0140. The minimum absolute atomic E-state index is 0.203. The number of likely N-dealkylation sites (tertiary alicyclic amines) is 1. The Morgan fingerprint density at radius 3 is 2.62 bits per heavy atom. The first kappa shape index (κ1) is 16.4. The number of aliphatic hydroxyl groups is 1. The third-order valence-corrected chi connectivity index (χ3v) is 4.32. The molecule has 4 heteroatoms. The maximum atomic E-state index is 13.4. The van der Waals surface area contributed by atoms with Crippen LogP contribution in [0, 0.1) is 5.82 Å². The molecule has 118 valence electrons. The minimum atomic E-state index is -0.528. The molecule has 0 saturated carbocycles. The molecule has 1 aromatic rings. The molecular formula is C17H26FNO2. The van der Waals surface area contributed by atoms with Crippen LogP contribution in [0.4, 0.5) is 4.39 Å². The van der Waals surface area contributed by atoms with Gasteiger partial charge in [0.1, 0.15) is 5.82 Å². The van der Waals surface area contributed by atoms with E-state index in [4.69, 9.17) is 4.74 Å². The van der Waals surface area contributed by atoms with Crippen molar-refractivity contribution in [2.24, 2.45) is 0 Å². The second-order valence-electron chi connectivity index (χ2n) is 6.09. The van der Waals surface area contributed by atoms with E-state index in [0.717, 1.165) is 0 Å². The van der Waals surface area contributed by atoms with Crippen molar-refractivity contribution in [2.45, 2.75) is 57.9 Å². The highest BCUT2D eigenvalue weighted by Crippen LogP contribution is 2.22. The third-order valence-electron chi connectivity index (χ3n) is 4.32. The molecule has 1 saturated heterocycles. The zero-order valence-electron chi connectivity index (χ0n) is 13.0. The first-order chi connectivity index (χ1) is 10.1. The van der Waals surface area contributed by atoms with Crippen LogP contribution >= 0.6 is 0 Å². The van der Waals surface area contributed by atoms with Crippen LogP contribution in [-0.4, -0.2) is 41.3 Å². The van der Waals surface area contributed by atoms with E-state index in [-0.39, 0.29) is 19.0 Å². The zero-order chi connectivity index (χ0) is 15.2. The number of halogens is 1. The first-order valence-electron chi connectivity index (χ1n) is 7.83. The fraction of sp³-hybridized carbons (Fsp3) is 0.647. The monoisotopic (exact) mass is 295 g/mol. The fourth-order valence-electron chi connectivity index (χ4n) is 3.05. The van der Waals surface area contributed by atoms with Gasteiger partial charge in [0, 0.05) is 24.2 Å². The van der Waals surface area contributed by atoms with E-state index in [1.165, 1.54) is 25.3 Å². The van der Waals surface area contributed by atoms with Crippen LogP contribution in [0.3, 0.4) is 0 Å². The highest BCUT2D eigenvalue weighted by Gasteiger charge is 2.26. The lowest BCUT2D eigenvalue weighted by atomic mass is 9.97. The maximum absolute atomic E-state index is 13.4. The number of aliphatic hydroxyl groups excluding tert-OH is 1. The van der Waals surface area contributed by atoms with Crippen molar-refractivity contribution in [3.8, 4) is 0 Å². The van der Waals surface area contributed by atoms with E-state index >= 15 is 0 Å². The van der Waals surface area contributed by atoms with Crippen molar-refractivity contribution in [3.63, 3.8) is 0 Å². The summed E-state index contributed by atoms with van der Waals surface area (Å²) < 4.78 is 18.9. The lowest BCUT2D eigenvalue weighted by Gasteiger charge is -2.40. The van der Waals surface area contributed by atoms with E-state index in [1.807, 2.05) is 0 Å². The Hall–Kier alpha value is -0.970. The van der Waals surface area contributed by atoms with Gasteiger partial charge >= 0.3 is 0 Å². The second kappa shape index (κ2) is 7.87. The number of piperidine rings is 1. The van der Waals surface area contributed by atoms with E-state index in [0.29, 0.717) is 24.2 Å². The molecule has 0 spiro atoms. The Morgan fingerprint density at radius 2 is 1.95 bits per heavy atom. The van der Waals surface area contributed by atoms with Crippen LogP contribution in [0.25, 0.3) is 0 Å². The molecule has 0 bridgehead atoms. The van der Waals surface area contributed by atoms with Gasteiger partial charge in [-0.05, 0) is 32.8 Å². The molecule has 1 N–H and O–H groups in total. The first-order valence-corrected chi connectivity index (χ1v) is 7.83.